The molecule has 128 valence electrons. The van der Waals surface area contributed by atoms with Gasteiger partial charge in [-0.3, -0.25) is 4.79 Å². The molecule has 0 bridgehead atoms. The van der Waals surface area contributed by atoms with Gasteiger partial charge in [0.2, 0.25) is 5.43 Å². The monoisotopic (exact) mass is 340 g/mol. The normalized spacial score (nSPS) is 10.9. The van der Waals surface area contributed by atoms with Crippen molar-refractivity contribution in [3.05, 3.63) is 63.7 Å². The molecule has 0 amide bonds. The second kappa shape index (κ2) is 6.47. The van der Waals surface area contributed by atoms with Crippen molar-refractivity contribution in [3.63, 3.8) is 0 Å². The summed E-state index contributed by atoms with van der Waals surface area (Å²) >= 11 is 0. The van der Waals surface area contributed by atoms with Crippen molar-refractivity contribution in [1.82, 2.24) is 9.55 Å². The molecule has 0 N–H and O–H groups in total. The minimum atomic E-state index is -0.774. The highest BCUT2D eigenvalue weighted by Crippen LogP contribution is 2.27. The quantitative estimate of drug-likeness (QED) is 0.687. The van der Waals surface area contributed by atoms with Gasteiger partial charge >= 0.3 is 5.97 Å². The van der Waals surface area contributed by atoms with Crippen molar-refractivity contribution in [3.8, 4) is 11.3 Å². The lowest BCUT2D eigenvalue weighted by Gasteiger charge is -2.17. The predicted molar refractivity (Wildman–Crippen MR) is 93.1 cm³/mol. The number of benzene rings is 1. The molecule has 0 saturated carbocycles. The molecule has 3 aromatic rings. The largest absolute Gasteiger partial charge is 0.462 e. The third kappa shape index (κ3) is 2.80. The van der Waals surface area contributed by atoms with E-state index in [-0.39, 0.29) is 28.8 Å². The van der Waals surface area contributed by atoms with Crippen molar-refractivity contribution in [1.29, 1.82) is 0 Å². The van der Waals surface area contributed by atoms with Gasteiger partial charge in [-0.25, -0.2) is 14.2 Å². The Morgan fingerprint density at radius 2 is 1.96 bits per heavy atom. The molecule has 0 saturated heterocycles. The second-order valence-electron chi connectivity index (χ2n) is 5.64. The standard InChI is InChI=1S/C19H17FN2O3/c1-4-25-19(24)15-16(12-7-5-6-8-14(12)20)22(3)18-13(17(15)23)10-9-11(2)21-18/h5-10H,4H2,1-3H3. The fraction of sp³-hybridized carbons (Fsp3) is 0.211. The molecule has 2 heterocycles. The summed E-state index contributed by atoms with van der Waals surface area (Å²) in [6, 6.07) is 9.31. The first-order chi connectivity index (χ1) is 12.0. The molecule has 0 atom stereocenters. The number of hydrogen-bond donors (Lipinski definition) is 0. The first-order valence-electron chi connectivity index (χ1n) is 7.88. The SMILES string of the molecule is CCOC(=O)c1c(-c2ccccc2F)n(C)c2nc(C)ccc2c1=O. The van der Waals surface area contributed by atoms with E-state index < -0.39 is 17.2 Å². The molecule has 0 unspecified atom stereocenters. The maximum atomic E-state index is 14.4. The predicted octanol–water partition coefficient (Wildman–Crippen LogP) is 3.22. The summed E-state index contributed by atoms with van der Waals surface area (Å²) in [7, 11) is 1.65. The van der Waals surface area contributed by atoms with Gasteiger partial charge in [-0.05, 0) is 38.1 Å². The Balaban J connectivity index is 2.50. The Kier molecular flexibility index (Phi) is 4.35. The molecule has 0 aliphatic heterocycles. The van der Waals surface area contributed by atoms with Crippen LogP contribution >= 0.6 is 0 Å². The first kappa shape index (κ1) is 16.8. The summed E-state index contributed by atoms with van der Waals surface area (Å²) < 4.78 is 21.0. The molecular formula is C19H17FN2O3. The van der Waals surface area contributed by atoms with E-state index >= 15 is 0 Å². The third-order valence-corrected chi connectivity index (χ3v) is 3.98. The summed E-state index contributed by atoms with van der Waals surface area (Å²) in [5.74, 6) is -1.31. The smallest absolute Gasteiger partial charge is 0.344 e. The molecule has 1 aromatic carbocycles. The van der Waals surface area contributed by atoms with Gasteiger partial charge in [0.05, 0.1) is 17.7 Å². The molecule has 5 nitrogen and oxygen atoms in total. The van der Waals surface area contributed by atoms with Crippen LogP contribution < -0.4 is 5.43 Å². The van der Waals surface area contributed by atoms with Crippen molar-refractivity contribution >= 4 is 17.0 Å². The third-order valence-electron chi connectivity index (χ3n) is 3.98. The average molecular weight is 340 g/mol. The maximum Gasteiger partial charge on any atom is 0.344 e. The molecule has 6 heteroatoms. The van der Waals surface area contributed by atoms with Crippen LogP contribution in [0, 0.1) is 12.7 Å². The maximum absolute atomic E-state index is 14.4. The Labute approximate surface area is 143 Å². The number of aromatic nitrogens is 2. The Bertz CT molecular complexity index is 1040. The minimum absolute atomic E-state index is 0.114. The lowest BCUT2D eigenvalue weighted by Crippen LogP contribution is -2.24. The second-order valence-corrected chi connectivity index (χ2v) is 5.64. The first-order valence-corrected chi connectivity index (χ1v) is 7.88. The lowest BCUT2D eigenvalue weighted by atomic mass is 10.0. The van der Waals surface area contributed by atoms with E-state index in [0.29, 0.717) is 11.3 Å². The van der Waals surface area contributed by atoms with Crippen molar-refractivity contribution in [2.45, 2.75) is 13.8 Å². The number of halogens is 1. The number of ether oxygens (including phenoxy) is 1. The van der Waals surface area contributed by atoms with Gasteiger partial charge in [-0.1, -0.05) is 12.1 Å². The number of aryl methyl sites for hydroxylation is 2. The van der Waals surface area contributed by atoms with Gasteiger partial charge in [-0.2, -0.15) is 0 Å². The van der Waals surface area contributed by atoms with Crippen LogP contribution in [0.1, 0.15) is 23.0 Å². The number of carbonyl (C=O) groups is 1. The Morgan fingerprint density at radius 3 is 2.64 bits per heavy atom. The molecular weight excluding hydrogens is 323 g/mol. The number of hydrogen-bond acceptors (Lipinski definition) is 4. The summed E-state index contributed by atoms with van der Waals surface area (Å²) in [6.07, 6.45) is 0. The topological polar surface area (TPSA) is 61.2 Å². The van der Waals surface area contributed by atoms with Crippen LogP contribution in [0.15, 0.2) is 41.2 Å². The van der Waals surface area contributed by atoms with E-state index in [1.807, 2.05) is 0 Å². The zero-order valence-electron chi connectivity index (χ0n) is 14.2. The molecule has 3 rings (SSSR count). The minimum Gasteiger partial charge on any atom is -0.462 e. The van der Waals surface area contributed by atoms with Crippen LogP contribution in [0.5, 0.6) is 0 Å². The summed E-state index contributed by atoms with van der Waals surface area (Å²) in [4.78, 5) is 29.8. The fourth-order valence-corrected chi connectivity index (χ4v) is 2.85. The van der Waals surface area contributed by atoms with Crippen molar-refractivity contribution < 1.29 is 13.9 Å². The van der Waals surface area contributed by atoms with Crippen LogP contribution in [0.4, 0.5) is 4.39 Å². The zero-order chi connectivity index (χ0) is 18.1. The van der Waals surface area contributed by atoms with Gasteiger partial charge < -0.3 is 9.30 Å². The molecule has 2 aromatic heterocycles. The van der Waals surface area contributed by atoms with Gasteiger partial charge in [0.15, 0.2) is 0 Å². The highest BCUT2D eigenvalue weighted by Gasteiger charge is 2.25. The van der Waals surface area contributed by atoms with Crippen LogP contribution in [0.25, 0.3) is 22.3 Å². The fourth-order valence-electron chi connectivity index (χ4n) is 2.85. The van der Waals surface area contributed by atoms with Gasteiger partial charge in [-0.15, -0.1) is 0 Å². The Hall–Kier alpha value is -3.02. The highest BCUT2D eigenvalue weighted by molar-refractivity contribution is 6.00. The van der Waals surface area contributed by atoms with Crippen LogP contribution in [0.2, 0.25) is 0 Å². The van der Waals surface area contributed by atoms with Crippen molar-refractivity contribution in [2.24, 2.45) is 7.05 Å². The van der Waals surface area contributed by atoms with E-state index in [0.717, 1.165) is 0 Å². The van der Waals surface area contributed by atoms with E-state index in [4.69, 9.17) is 4.74 Å². The zero-order valence-corrected chi connectivity index (χ0v) is 14.2. The summed E-state index contributed by atoms with van der Waals surface area (Å²) in [5, 5.41) is 0.288. The molecule has 0 aliphatic rings. The summed E-state index contributed by atoms with van der Waals surface area (Å²) in [6.45, 7) is 3.56. The van der Waals surface area contributed by atoms with E-state index in [2.05, 4.69) is 4.98 Å². The van der Waals surface area contributed by atoms with E-state index in [1.165, 1.54) is 12.1 Å². The summed E-state index contributed by atoms with van der Waals surface area (Å²) in [5.41, 5.74) is 0.703. The average Bonchev–Trinajstić information content (AvgIpc) is 2.58. The molecule has 0 radical (unpaired) electrons. The van der Waals surface area contributed by atoms with Gasteiger partial charge in [0.1, 0.15) is 17.0 Å². The van der Waals surface area contributed by atoms with Gasteiger partial charge in [0.25, 0.3) is 0 Å². The molecule has 25 heavy (non-hydrogen) atoms. The van der Waals surface area contributed by atoms with Crippen molar-refractivity contribution in [2.75, 3.05) is 6.61 Å². The number of carbonyl (C=O) groups excluding carboxylic acids is 1. The highest BCUT2D eigenvalue weighted by atomic mass is 19.1. The molecule has 0 aliphatic carbocycles. The number of fused-ring (bicyclic) bond motifs is 1. The number of nitrogens with zero attached hydrogens (tertiary/aromatic N) is 2. The molecule has 0 spiro atoms. The van der Waals surface area contributed by atoms with Crippen LogP contribution in [-0.4, -0.2) is 22.1 Å². The Morgan fingerprint density at radius 1 is 1.24 bits per heavy atom. The number of esters is 1. The number of pyridine rings is 2. The van der Waals surface area contributed by atoms with Gasteiger partial charge in [0, 0.05) is 18.3 Å². The van der Waals surface area contributed by atoms with Crippen LogP contribution in [-0.2, 0) is 11.8 Å². The van der Waals surface area contributed by atoms with Crippen LogP contribution in [0.3, 0.4) is 0 Å². The number of rotatable bonds is 3. The molecule has 0 fully saturated rings. The van der Waals surface area contributed by atoms with E-state index in [9.17, 15) is 14.0 Å². The van der Waals surface area contributed by atoms with E-state index in [1.54, 1.807) is 49.7 Å². The lowest BCUT2D eigenvalue weighted by molar-refractivity contribution is 0.0525.